The van der Waals surface area contributed by atoms with E-state index < -0.39 is 0 Å². The zero-order valence-electron chi connectivity index (χ0n) is 17.7. The van der Waals surface area contributed by atoms with E-state index in [-0.39, 0.29) is 6.04 Å². The van der Waals surface area contributed by atoms with Crippen LogP contribution in [0.3, 0.4) is 0 Å². The van der Waals surface area contributed by atoms with Gasteiger partial charge in [-0.3, -0.25) is 0 Å². The molecule has 0 bridgehead atoms. The Labute approximate surface area is 178 Å². The first kappa shape index (κ1) is 19.8. The van der Waals surface area contributed by atoms with Crippen LogP contribution in [-0.2, 0) is 6.54 Å². The van der Waals surface area contributed by atoms with Crippen LogP contribution in [0, 0.1) is 0 Å². The molecule has 1 aliphatic rings. The predicted octanol–water partition coefficient (Wildman–Crippen LogP) is 4.31. The van der Waals surface area contributed by atoms with E-state index in [4.69, 9.17) is 0 Å². The van der Waals surface area contributed by atoms with Crippen molar-refractivity contribution < 1.29 is 0 Å². The second kappa shape index (κ2) is 7.75. The normalized spacial score (nSPS) is 14.0. The number of nitrogens with zero attached hydrogens (tertiary/aromatic N) is 2. The highest BCUT2D eigenvalue weighted by Gasteiger charge is 2.29. The van der Waals surface area contributed by atoms with Gasteiger partial charge in [0, 0.05) is 57.7 Å². The molecule has 1 aliphatic heterocycles. The van der Waals surface area contributed by atoms with Gasteiger partial charge in [-0.2, -0.15) is 0 Å². The van der Waals surface area contributed by atoms with Gasteiger partial charge in [-0.15, -0.1) is 6.58 Å². The molecule has 0 saturated carbocycles. The monoisotopic (exact) mass is 395 g/mol. The van der Waals surface area contributed by atoms with E-state index in [9.17, 15) is 0 Å². The van der Waals surface area contributed by atoms with Crippen molar-refractivity contribution in [2.24, 2.45) is 0 Å². The minimum absolute atomic E-state index is 0.178. The van der Waals surface area contributed by atoms with Crippen LogP contribution in [0.15, 0.2) is 74.0 Å². The largest absolute Gasteiger partial charge is 0.390 e. The lowest BCUT2D eigenvalue weighted by Gasteiger charge is -2.32. The number of benzene rings is 2. The quantitative estimate of drug-likeness (QED) is 0.602. The fourth-order valence-corrected chi connectivity index (χ4v) is 4.53. The third-order valence-corrected chi connectivity index (χ3v) is 6.18. The first-order valence-electron chi connectivity index (χ1n) is 10.3. The van der Waals surface area contributed by atoms with E-state index in [2.05, 4.69) is 78.0 Å². The summed E-state index contributed by atoms with van der Waals surface area (Å²) in [5.74, 6) is 0. The molecule has 3 nitrogen and oxygen atoms in total. The average Bonchev–Trinajstić information content (AvgIpc) is 3.22. The molecule has 1 N–H and O–H groups in total. The Balaban J connectivity index is 1.74. The maximum absolute atomic E-state index is 4.39. The van der Waals surface area contributed by atoms with Crippen molar-refractivity contribution >= 4 is 29.6 Å². The lowest BCUT2D eigenvalue weighted by molar-refractivity contribution is 0.312. The number of nitrogens with one attached hydrogen (secondary N) is 1. The molecule has 3 aromatic rings. The van der Waals surface area contributed by atoms with E-state index in [1.807, 2.05) is 25.3 Å². The maximum atomic E-state index is 4.39. The molecule has 3 heteroatoms. The summed E-state index contributed by atoms with van der Waals surface area (Å²) in [6.45, 7) is 22.0. The molecular formula is C27H29N3. The summed E-state index contributed by atoms with van der Waals surface area (Å²) in [6, 6.07) is 15.0. The molecule has 152 valence electrons. The number of allylic oxidation sites excluding steroid dienone is 1. The fraction of sp³-hybridized carbons (Fsp3) is 0.185. The van der Waals surface area contributed by atoms with Crippen LogP contribution in [0.5, 0.6) is 0 Å². The van der Waals surface area contributed by atoms with Crippen LogP contribution in [-0.4, -0.2) is 22.6 Å². The smallest absolute Gasteiger partial charge is 0.0688 e. The third kappa shape index (κ3) is 3.07. The molecule has 0 amide bonds. The second-order valence-corrected chi connectivity index (χ2v) is 7.85. The Morgan fingerprint density at radius 1 is 1.10 bits per heavy atom. The summed E-state index contributed by atoms with van der Waals surface area (Å²) in [5.41, 5.74) is 5.59. The standard InChI is InChI=1S/C27H29N3/c1-7-8-13-27(18(2)28-6)29-17-22-16-23(14-15-24(22)19(29)3)30-20(4)25-11-9-10-12-26(25)21(30)5/h7,9-12,14-16,27-28H,1-5,8,13,17H2,6H3. The Hall–Kier alpha value is -3.46. The highest BCUT2D eigenvalue weighted by atomic mass is 15.2. The molecule has 4 rings (SSSR count). The van der Waals surface area contributed by atoms with E-state index >= 15 is 0 Å². The number of aromatic nitrogens is 1. The van der Waals surface area contributed by atoms with Crippen LogP contribution in [0.25, 0.3) is 35.3 Å². The average molecular weight is 396 g/mol. The van der Waals surface area contributed by atoms with Crippen molar-refractivity contribution in [2.45, 2.75) is 25.4 Å². The maximum Gasteiger partial charge on any atom is 0.0688 e. The zero-order valence-corrected chi connectivity index (χ0v) is 17.7. The van der Waals surface area contributed by atoms with Crippen molar-refractivity contribution in [3.63, 3.8) is 0 Å². The molecule has 1 unspecified atom stereocenters. The topological polar surface area (TPSA) is 20.2 Å². The van der Waals surface area contributed by atoms with Gasteiger partial charge in [0.15, 0.2) is 0 Å². The molecule has 2 heterocycles. The van der Waals surface area contributed by atoms with Crippen molar-refractivity contribution in [2.75, 3.05) is 7.05 Å². The highest BCUT2D eigenvalue weighted by molar-refractivity contribution is 5.84. The molecule has 0 spiro atoms. The van der Waals surface area contributed by atoms with Gasteiger partial charge in [-0.05, 0) is 30.5 Å². The first-order valence-corrected chi connectivity index (χ1v) is 10.3. The van der Waals surface area contributed by atoms with Crippen LogP contribution in [0.1, 0.15) is 24.0 Å². The molecule has 30 heavy (non-hydrogen) atoms. The molecule has 1 aromatic heterocycles. The minimum Gasteiger partial charge on any atom is -0.390 e. The highest BCUT2D eigenvalue weighted by Crippen LogP contribution is 2.36. The fourth-order valence-electron chi connectivity index (χ4n) is 4.53. The molecule has 0 radical (unpaired) electrons. The SMILES string of the molecule is C=CCCC(C(=C)NC)N1Cc2cc(-n3c(=C)c4ccccc4c3=C)ccc2C1=C. The summed E-state index contributed by atoms with van der Waals surface area (Å²) < 4.78 is 2.15. The first-order chi connectivity index (χ1) is 14.5. The third-order valence-electron chi connectivity index (χ3n) is 6.18. The Morgan fingerprint density at radius 2 is 1.77 bits per heavy atom. The van der Waals surface area contributed by atoms with Gasteiger partial charge in [-0.25, -0.2) is 0 Å². The van der Waals surface area contributed by atoms with Gasteiger partial charge in [-0.1, -0.05) is 62.7 Å². The van der Waals surface area contributed by atoms with Crippen LogP contribution < -0.4 is 16.0 Å². The van der Waals surface area contributed by atoms with E-state index in [0.29, 0.717) is 0 Å². The summed E-state index contributed by atoms with van der Waals surface area (Å²) in [6.07, 6.45) is 3.85. The zero-order chi connectivity index (χ0) is 21.4. The van der Waals surface area contributed by atoms with Crippen LogP contribution >= 0.6 is 0 Å². The Morgan fingerprint density at radius 3 is 2.37 bits per heavy atom. The van der Waals surface area contributed by atoms with Gasteiger partial charge in [0.2, 0.25) is 0 Å². The van der Waals surface area contributed by atoms with Gasteiger partial charge in [0.1, 0.15) is 0 Å². The summed E-state index contributed by atoms with van der Waals surface area (Å²) in [7, 11) is 1.93. The molecule has 0 saturated heterocycles. The number of rotatable bonds is 7. The lowest BCUT2D eigenvalue weighted by atomic mass is 10.1. The van der Waals surface area contributed by atoms with Crippen LogP contribution in [0.2, 0.25) is 0 Å². The summed E-state index contributed by atoms with van der Waals surface area (Å²) >= 11 is 0. The lowest BCUT2D eigenvalue weighted by Crippen LogP contribution is -2.35. The van der Waals surface area contributed by atoms with E-state index in [1.165, 1.54) is 11.1 Å². The molecule has 0 fully saturated rings. The van der Waals surface area contributed by atoms with Gasteiger partial charge >= 0.3 is 0 Å². The Kier molecular flexibility index (Phi) is 5.13. The number of hydrogen-bond acceptors (Lipinski definition) is 2. The molecule has 2 aromatic carbocycles. The number of hydrogen-bond donors (Lipinski definition) is 1. The molecule has 0 aliphatic carbocycles. The number of likely N-dealkylation sites (N-methyl/N-ethyl adjacent to an activating group) is 1. The van der Waals surface area contributed by atoms with Gasteiger partial charge in [0.05, 0.1) is 6.04 Å². The number of fused-ring (bicyclic) bond motifs is 2. The minimum atomic E-state index is 0.178. The molecular weight excluding hydrogens is 366 g/mol. The van der Waals surface area contributed by atoms with Crippen molar-refractivity contribution in [1.29, 1.82) is 0 Å². The van der Waals surface area contributed by atoms with Gasteiger partial charge < -0.3 is 14.8 Å². The van der Waals surface area contributed by atoms with E-state index in [0.717, 1.165) is 57.9 Å². The van der Waals surface area contributed by atoms with Crippen molar-refractivity contribution in [3.05, 3.63) is 95.8 Å². The predicted molar refractivity (Wildman–Crippen MR) is 130 cm³/mol. The summed E-state index contributed by atoms with van der Waals surface area (Å²) in [4.78, 5) is 2.35. The van der Waals surface area contributed by atoms with Crippen molar-refractivity contribution in [3.8, 4) is 5.69 Å². The van der Waals surface area contributed by atoms with Crippen molar-refractivity contribution in [1.82, 2.24) is 14.8 Å². The molecule has 1 atom stereocenters. The van der Waals surface area contributed by atoms with Crippen LogP contribution in [0.4, 0.5) is 0 Å². The van der Waals surface area contributed by atoms with Gasteiger partial charge in [0.25, 0.3) is 0 Å². The second-order valence-electron chi connectivity index (χ2n) is 7.85. The Bertz CT molecular complexity index is 1210. The van der Waals surface area contributed by atoms with E-state index in [1.54, 1.807) is 0 Å². The summed E-state index contributed by atoms with van der Waals surface area (Å²) in [5, 5.41) is 7.46.